The molecule has 33 heavy (non-hydrogen) atoms. The minimum absolute atomic E-state index is 0.0958. The molecule has 0 amide bonds. The van der Waals surface area contributed by atoms with Gasteiger partial charge in [0.2, 0.25) is 6.29 Å². The summed E-state index contributed by atoms with van der Waals surface area (Å²) in [5.74, 6) is 0.130. The number of hydrogen-bond donors (Lipinski definition) is 3. The molecule has 1 aliphatic heterocycles. The zero-order valence-electron chi connectivity index (χ0n) is 17.4. The molecule has 1 saturated carbocycles. The second-order valence-corrected chi connectivity index (χ2v) is 12.2. The van der Waals surface area contributed by atoms with Gasteiger partial charge in [-0.1, -0.05) is 18.2 Å². The fraction of sp³-hybridized carbons (Fsp3) is 0.400. The van der Waals surface area contributed by atoms with Gasteiger partial charge in [-0.15, -0.1) is 0 Å². The first kappa shape index (κ1) is 24.0. The van der Waals surface area contributed by atoms with E-state index in [9.17, 15) is 28.8 Å². The molecule has 11 nitrogen and oxygen atoms in total. The molecule has 0 radical (unpaired) electrons. The van der Waals surface area contributed by atoms with Crippen LogP contribution in [0.1, 0.15) is 43.1 Å². The van der Waals surface area contributed by atoms with Crippen molar-refractivity contribution in [3.8, 4) is 5.75 Å². The Morgan fingerprint density at radius 2 is 1.73 bits per heavy atom. The first-order chi connectivity index (χ1) is 15.6. The molecule has 4 rings (SSSR count). The summed E-state index contributed by atoms with van der Waals surface area (Å²) in [6, 6.07) is 8.32. The highest BCUT2D eigenvalue weighted by molar-refractivity contribution is 7.73. The van der Waals surface area contributed by atoms with Crippen LogP contribution in [0, 0.1) is 0 Å². The van der Waals surface area contributed by atoms with E-state index in [1.54, 1.807) is 0 Å². The van der Waals surface area contributed by atoms with Gasteiger partial charge in [0.1, 0.15) is 11.9 Å². The first-order valence-electron chi connectivity index (χ1n) is 10.2. The van der Waals surface area contributed by atoms with E-state index in [0.29, 0.717) is 0 Å². The number of rotatable bonds is 5. The normalized spacial score (nSPS) is 32.4. The Balaban J connectivity index is 1.46. The average molecular weight is 499 g/mol. The van der Waals surface area contributed by atoms with Crippen LogP contribution in [0.4, 0.5) is 4.79 Å². The van der Waals surface area contributed by atoms with Crippen molar-refractivity contribution >= 4 is 21.3 Å². The maximum absolute atomic E-state index is 12.8. The Morgan fingerprint density at radius 1 is 1.09 bits per heavy atom. The molecule has 2 aliphatic rings. The van der Waals surface area contributed by atoms with Gasteiger partial charge in [0.15, 0.2) is 0 Å². The van der Waals surface area contributed by atoms with E-state index in [1.807, 2.05) is 0 Å². The largest absolute Gasteiger partial charge is 0.514 e. The number of benzene rings is 1. The summed E-state index contributed by atoms with van der Waals surface area (Å²) in [6.45, 7) is 0. The minimum atomic E-state index is -5.08. The molecule has 178 valence electrons. The van der Waals surface area contributed by atoms with Crippen molar-refractivity contribution < 1.29 is 47.3 Å². The predicted molar refractivity (Wildman–Crippen MR) is 113 cm³/mol. The maximum Gasteiger partial charge on any atom is 0.514 e. The predicted octanol–water partition coefficient (Wildman–Crippen LogP) is 3.84. The highest BCUT2D eigenvalue weighted by Crippen LogP contribution is 2.79. The molecular weight excluding hydrogens is 476 g/mol. The van der Waals surface area contributed by atoms with Crippen molar-refractivity contribution in [2.75, 3.05) is 0 Å². The summed E-state index contributed by atoms with van der Waals surface area (Å²) in [7, 11) is -10.2. The molecule has 1 aromatic heterocycles. The van der Waals surface area contributed by atoms with Crippen LogP contribution in [0.25, 0.3) is 0 Å². The second-order valence-electron chi connectivity index (χ2n) is 7.84. The number of aliphatic hydroxyl groups is 1. The van der Waals surface area contributed by atoms with Gasteiger partial charge in [-0.05, 0) is 49.4 Å². The van der Waals surface area contributed by atoms with Crippen LogP contribution in [-0.2, 0) is 29.3 Å². The lowest BCUT2D eigenvalue weighted by atomic mass is 10.2. The average Bonchev–Trinajstić information content (AvgIpc) is 3.26. The van der Waals surface area contributed by atoms with Crippen molar-refractivity contribution in [3.63, 3.8) is 0 Å². The van der Waals surface area contributed by atoms with E-state index in [4.69, 9.17) is 18.5 Å². The third-order valence-electron chi connectivity index (χ3n) is 5.46. The zero-order valence-corrected chi connectivity index (χ0v) is 19.1. The highest BCUT2D eigenvalue weighted by Gasteiger charge is 2.67. The highest BCUT2D eigenvalue weighted by atomic mass is 31.2. The van der Waals surface area contributed by atoms with Gasteiger partial charge in [-0.3, -0.25) is 23.2 Å². The summed E-state index contributed by atoms with van der Waals surface area (Å²) in [6.07, 6.45) is 2.87. The molecule has 2 heterocycles. The Labute approximate surface area is 189 Å². The minimum Gasteiger partial charge on any atom is -0.431 e. The smallest absolute Gasteiger partial charge is 0.431 e. The molecule has 2 aromatic rings. The standard InChI is InChI=1S/C20H23NO10P2/c22-19(28-16-5-1-2-6-16)29-17-9-7-15(8-10-17)18-30-32(24,25)20(23,33(26,27)31-18)12-14-4-3-11-21-13-14/h3-4,7-11,13,16,18,23H,1-2,5-6,12H2,(H,24,25)(H,26,27). The summed E-state index contributed by atoms with van der Waals surface area (Å²) in [5, 5.41) is 7.65. The van der Waals surface area contributed by atoms with Crippen LogP contribution in [0.3, 0.4) is 0 Å². The third-order valence-corrected chi connectivity index (χ3v) is 10.1. The van der Waals surface area contributed by atoms with Crippen LogP contribution < -0.4 is 4.74 Å². The van der Waals surface area contributed by atoms with Gasteiger partial charge in [0, 0.05) is 24.4 Å². The van der Waals surface area contributed by atoms with E-state index >= 15 is 0 Å². The molecular formula is C20H23NO10P2. The van der Waals surface area contributed by atoms with Gasteiger partial charge in [0.25, 0.3) is 5.08 Å². The number of aromatic nitrogens is 1. The van der Waals surface area contributed by atoms with Gasteiger partial charge < -0.3 is 24.4 Å². The lowest BCUT2D eigenvalue weighted by Gasteiger charge is -2.41. The lowest BCUT2D eigenvalue weighted by Crippen LogP contribution is -2.37. The van der Waals surface area contributed by atoms with Crippen molar-refractivity contribution in [2.24, 2.45) is 0 Å². The Bertz CT molecular complexity index is 1060. The maximum atomic E-state index is 12.8. The number of carbonyl (C=O) groups excluding carboxylic acids is 1. The molecule has 3 N–H and O–H groups in total. The molecule has 1 aromatic carbocycles. The second kappa shape index (κ2) is 9.27. The molecule has 2 fully saturated rings. The number of hydrogen-bond acceptors (Lipinski definition) is 9. The van der Waals surface area contributed by atoms with E-state index in [2.05, 4.69) is 4.98 Å². The SMILES string of the molecule is O=C(Oc1ccc(C2OP(=O)(O)C(O)(Cc3cccnc3)P(=O)(O)O2)cc1)OC1CCCC1. The van der Waals surface area contributed by atoms with Crippen molar-refractivity contribution in [1.82, 2.24) is 4.98 Å². The number of ether oxygens (including phenoxy) is 2. The molecule has 2 atom stereocenters. The van der Waals surface area contributed by atoms with Crippen LogP contribution in [0.5, 0.6) is 5.75 Å². The fourth-order valence-corrected chi connectivity index (χ4v) is 7.24. The summed E-state index contributed by atoms with van der Waals surface area (Å²) < 4.78 is 46.1. The zero-order chi connectivity index (χ0) is 23.7. The number of pyridine rings is 1. The Hall–Kier alpha value is -2.10. The monoisotopic (exact) mass is 499 g/mol. The topological polar surface area (TPSA) is 162 Å². The van der Waals surface area contributed by atoms with E-state index in [-0.39, 0.29) is 23.0 Å². The molecule has 0 bridgehead atoms. The fourth-order valence-electron chi connectivity index (χ4n) is 3.66. The van der Waals surface area contributed by atoms with E-state index in [0.717, 1.165) is 25.7 Å². The van der Waals surface area contributed by atoms with Crippen LogP contribution in [0.2, 0.25) is 0 Å². The van der Waals surface area contributed by atoms with Crippen LogP contribution in [-0.4, -0.2) is 37.2 Å². The molecule has 2 unspecified atom stereocenters. The number of carbonyl (C=O) groups is 1. The van der Waals surface area contributed by atoms with Crippen molar-refractivity contribution in [1.29, 1.82) is 0 Å². The number of nitrogens with zero attached hydrogens (tertiary/aromatic N) is 1. The lowest BCUT2D eigenvalue weighted by molar-refractivity contribution is -0.0579. The Morgan fingerprint density at radius 3 is 2.30 bits per heavy atom. The van der Waals surface area contributed by atoms with Crippen molar-refractivity contribution in [3.05, 3.63) is 59.9 Å². The quantitative estimate of drug-likeness (QED) is 0.311. The summed E-state index contributed by atoms with van der Waals surface area (Å²) in [5.41, 5.74) is 0.332. The van der Waals surface area contributed by atoms with E-state index in [1.165, 1.54) is 48.8 Å². The van der Waals surface area contributed by atoms with Gasteiger partial charge in [-0.25, -0.2) is 4.79 Å². The molecule has 1 aliphatic carbocycles. The van der Waals surface area contributed by atoms with E-state index < -0.39 is 39.1 Å². The van der Waals surface area contributed by atoms with Crippen LogP contribution in [0.15, 0.2) is 48.8 Å². The van der Waals surface area contributed by atoms with Gasteiger partial charge in [-0.2, -0.15) is 0 Å². The van der Waals surface area contributed by atoms with Gasteiger partial charge in [0.05, 0.1) is 0 Å². The summed E-state index contributed by atoms with van der Waals surface area (Å²) >= 11 is 0. The third kappa shape index (κ3) is 5.05. The molecule has 0 spiro atoms. The Kier molecular flexibility index (Phi) is 6.75. The summed E-state index contributed by atoms with van der Waals surface area (Å²) in [4.78, 5) is 36.5. The van der Waals surface area contributed by atoms with Crippen molar-refractivity contribution in [2.45, 2.75) is 49.6 Å². The molecule has 13 heteroatoms. The first-order valence-corrected chi connectivity index (χ1v) is 13.4. The van der Waals surface area contributed by atoms with Gasteiger partial charge >= 0.3 is 21.3 Å². The van der Waals surface area contributed by atoms with Crippen LogP contribution >= 0.6 is 15.2 Å². The molecule has 1 saturated heterocycles.